The van der Waals surface area contributed by atoms with E-state index < -0.39 is 6.10 Å². The molecule has 1 aliphatic heterocycles. The number of aryl methyl sites for hydroxylation is 2. The summed E-state index contributed by atoms with van der Waals surface area (Å²) in [4.78, 5) is 26.4. The highest BCUT2D eigenvalue weighted by Crippen LogP contribution is 2.42. The lowest BCUT2D eigenvalue weighted by molar-refractivity contribution is 0.0477. The molecule has 2 aromatic carbocycles. The second kappa shape index (κ2) is 8.22. The predicted molar refractivity (Wildman–Crippen MR) is 130 cm³/mol. The van der Waals surface area contributed by atoms with Gasteiger partial charge in [0.25, 0.3) is 5.56 Å². The minimum Gasteiger partial charge on any atom is -0.493 e. The molecule has 176 valence electrons. The number of rotatable bonds is 4. The molecule has 0 amide bonds. The second-order valence-corrected chi connectivity index (χ2v) is 8.55. The zero-order valence-corrected chi connectivity index (χ0v) is 19.9. The van der Waals surface area contributed by atoms with Crippen molar-refractivity contribution in [2.45, 2.75) is 19.6 Å². The highest BCUT2D eigenvalue weighted by molar-refractivity contribution is 5.96. The Balaban J connectivity index is 1.88. The molecule has 0 N–H and O–H groups in total. The second-order valence-electron chi connectivity index (χ2n) is 8.55. The van der Waals surface area contributed by atoms with Gasteiger partial charge in [0.05, 0.1) is 43.1 Å². The van der Waals surface area contributed by atoms with Crippen LogP contribution in [-0.2, 0) is 25.4 Å². The van der Waals surface area contributed by atoms with Crippen LogP contribution in [0, 0.1) is 6.92 Å². The van der Waals surface area contributed by atoms with E-state index in [1.807, 2.05) is 49.4 Å². The molecule has 34 heavy (non-hydrogen) atoms. The number of benzene rings is 2. The molecule has 2 aromatic heterocycles. The van der Waals surface area contributed by atoms with Crippen molar-refractivity contribution in [3.8, 4) is 22.8 Å². The van der Waals surface area contributed by atoms with Crippen LogP contribution in [0.3, 0.4) is 0 Å². The molecule has 0 saturated heterocycles. The summed E-state index contributed by atoms with van der Waals surface area (Å²) in [7, 11) is 6.39. The van der Waals surface area contributed by atoms with Crippen molar-refractivity contribution in [3.05, 3.63) is 80.1 Å². The van der Waals surface area contributed by atoms with Gasteiger partial charge >= 0.3 is 5.69 Å². The molecular formula is C26H27N3O5. The first-order valence-electron chi connectivity index (χ1n) is 11.1. The van der Waals surface area contributed by atoms with Gasteiger partial charge in [0.15, 0.2) is 11.5 Å². The maximum Gasteiger partial charge on any atom is 0.331 e. The molecule has 8 nitrogen and oxygen atoms in total. The molecule has 8 heteroatoms. The molecule has 0 radical (unpaired) electrons. The first-order chi connectivity index (χ1) is 16.4. The molecule has 5 rings (SSSR count). The number of hydrogen-bond donors (Lipinski definition) is 0. The molecule has 1 aliphatic rings. The van der Waals surface area contributed by atoms with Gasteiger partial charge in [0.2, 0.25) is 0 Å². The maximum atomic E-state index is 13.5. The van der Waals surface area contributed by atoms with E-state index in [9.17, 15) is 9.59 Å². The zero-order chi connectivity index (χ0) is 24.1. The number of ether oxygens (including phenoxy) is 3. The fourth-order valence-corrected chi connectivity index (χ4v) is 4.86. The number of fused-ring (bicyclic) bond motifs is 3. The minimum absolute atomic E-state index is 0.318. The molecule has 0 unspecified atom stereocenters. The lowest BCUT2D eigenvalue weighted by atomic mass is 10.0. The van der Waals surface area contributed by atoms with Gasteiger partial charge in [-0.3, -0.25) is 13.9 Å². The van der Waals surface area contributed by atoms with Crippen LogP contribution in [0.1, 0.15) is 22.9 Å². The van der Waals surface area contributed by atoms with Crippen LogP contribution < -0.4 is 20.7 Å². The summed E-state index contributed by atoms with van der Waals surface area (Å²) in [6, 6.07) is 13.7. The molecule has 0 fully saturated rings. The average Bonchev–Trinajstić information content (AvgIpc) is 3.21. The molecule has 0 aliphatic carbocycles. The third-order valence-electron chi connectivity index (χ3n) is 6.59. The van der Waals surface area contributed by atoms with Crippen LogP contribution >= 0.6 is 0 Å². The molecular weight excluding hydrogens is 434 g/mol. The van der Waals surface area contributed by atoms with Crippen molar-refractivity contribution in [1.82, 2.24) is 13.7 Å². The van der Waals surface area contributed by atoms with E-state index in [0.29, 0.717) is 35.6 Å². The molecule has 4 aromatic rings. The number of aromatic nitrogens is 3. The van der Waals surface area contributed by atoms with E-state index in [1.165, 1.54) is 7.05 Å². The Labute approximate surface area is 196 Å². The first-order valence-corrected chi connectivity index (χ1v) is 11.1. The summed E-state index contributed by atoms with van der Waals surface area (Å²) < 4.78 is 22.0. The standard InChI is InChI=1S/C26H27N3O5/c1-15-6-8-16(9-7-15)21-20-22(27(2)26(31)28(3)25(20)30)23-24(34-13-12-29(21)23)17-10-11-18(32-4)19(14-17)33-5/h6-11,14,24H,12-13H2,1-5H3/t24-/m0/s1. The fourth-order valence-electron chi connectivity index (χ4n) is 4.86. The van der Waals surface area contributed by atoms with Gasteiger partial charge in [-0.15, -0.1) is 0 Å². The molecule has 1 atom stereocenters. The molecule has 0 saturated carbocycles. The van der Waals surface area contributed by atoms with Gasteiger partial charge in [-0.1, -0.05) is 35.9 Å². The minimum atomic E-state index is -0.493. The Morgan fingerprint density at radius 2 is 1.65 bits per heavy atom. The lowest BCUT2D eigenvalue weighted by Crippen LogP contribution is -2.37. The highest BCUT2D eigenvalue weighted by Gasteiger charge is 2.33. The van der Waals surface area contributed by atoms with Crippen molar-refractivity contribution in [2.24, 2.45) is 14.1 Å². The lowest BCUT2D eigenvalue weighted by Gasteiger charge is -2.28. The molecule has 3 heterocycles. The quantitative estimate of drug-likeness (QED) is 0.467. The smallest absolute Gasteiger partial charge is 0.331 e. The van der Waals surface area contributed by atoms with E-state index in [0.717, 1.165) is 32.6 Å². The van der Waals surface area contributed by atoms with Crippen molar-refractivity contribution in [1.29, 1.82) is 0 Å². The van der Waals surface area contributed by atoms with Crippen LogP contribution in [-0.4, -0.2) is 34.5 Å². The zero-order valence-electron chi connectivity index (χ0n) is 19.9. The van der Waals surface area contributed by atoms with Gasteiger partial charge < -0.3 is 18.8 Å². The van der Waals surface area contributed by atoms with Crippen molar-refractivity contribution in [3.63, 3.8) is 0 Å². The van der Waals surface area contributed by atoms with Gasteiger partial charge in [-0.05, 0) is 30.2 Å². The Morgan fingerprint density at radius 1 is 0.941 bits per heavy atom. The summed E-state index contributed by atoms with van der Waals surface area (Å²) in [5.41, 5.74) is 4.37. The number of nitrogens with zero attached hydrogens (tertiary/aromatic N) is 3. The van der Waals surface area contributed by atoms with Crippen LogP contribution in [0.5, 0.6) is 11.5 Å². The predicted octanol–water partition coefficient (Wildman–Crippen LogP) is 3.15. The van der Waals surface area contributed by atoms with Crippen molar-refractivity contribution >= 4 is 10.9 Å². The molecule has 0 spiro atoms. The van der Waals surface area contributed by atoms with E-state index in [-0.39, 0.29) is 11.2 Å². The topological polar surface area (TPSA) is 76.6 Å². The van der Waals surface area contributed by atoms with Gasteiger partial charge in [0.1, 0.15) is 6.10 Å². The number of methoxy groups -OCH3 is 2. The van der Waals surface area contributed by atoms with Gasteiger partial charge in [0, 0.05) is 20.6 Å². The van der Waals surface area contributed by atoms with E-state index in [2.05, 4.69) is 4.57 Å². The van der Waals surface area contributed by atoms with Crippen LogP contribution in [0.4, 0.5) is 0 Å². The summed E-state index contributed by atoms with van der Waals surface area (Å²) in [5.74, 6) is 1.20. The normalized spacial score (nSPS) is 15.4. The Bertz CT molecular complexity index is 1530. The third kappa shape index (κ3) is 3.17. The maximum absolute atomic E-state index is 13.5. The van der Waals surface area contributed by atoms with Crippen LogP contribution in [0.15, 0.2) is 52.1 Å². The SMILES string of the molecule is COc1ccc([C@@H]2OCCn3c(-c4ccc(C)cc4)c4c(=O)n(C)c(=O)n(C)c4c32)cc1OC. The van der Waals surface area contributed by atoms with E-state index in [1.54, 1.807) is 25.8 Å². The van der Waals surface area contributed by atoms with Crippen LogP contribution in [0.2, 0.25) is 0 Å². The summed E-state index contributed by atoms with van der Waals surface area (Å²) in [6.45, 7) is 3.05. The highest BCUT2D eigenvalue weighted by atomic mass is 16.5. The number of hydrogen-bond acceptors (Lipinski definition) is 5. The van der Waals surface area contributed by atoms with Gasteiger partial charge in [-0.2, -0.15) is 0 Å². The van der Waals surface area contributed by atoms with E-state index in [4.69, 9.17) is 14.2 Å². The van der Waals surface area contributed by atoms with Crippen molar-refractivity contribution < 1.29 is 14.2 Å². The Kier molecular flexibility index (Phi) is 5.32. The summed E-state index contributed by atoms with van der Waals surface area (Å²) in [6.07, 6.45) is -0.493. The Hall–Kier alpha value is -3.78. The average molecular weight is 462 g/mol. The summed E-state index contributed by atoms with van der Waals surface area (Å²) >= 11 is 0. The van der Waals surface area contributed by atoms with Crippen molar-refractivity contribution in [2.75, 3.05) is 20.8 Å². The third-order valence-corrected chi connectivity index (χ3v) is 6.59. The molecule has 0 bridgehead atoms. The van der Waals surface area contributed by atoms with Gasteiger partial charge in [-0.25, -0.2) is 4.79 Å². The fraction of sp³-hybridized carbons (Fsp3) is 0.308. The van der Waals surface area contributed by atoms with Crippen LogP contribution in [0.25, 0.3) is 22.2 Å². The first kappa shape index (κ1) is 22.0. The summed E-state index contributed by atoms with van der Waals surface area (Å²) in [5, 5.41) is 0.513. The monoisotopic (exact) mass is 461 g/mol. The largest absolute Gasteiger partial charge is 0.493 e. The Morgan fingerprint density at radius 3 is 2.32 bits per heavy atom. The van der Waals surface area contributed by atoms with E-state index >= 15 is 0 Å².